The number of aromatic nitrogens is 2. The third kappa shape index (κ3) is 1.95. The van der Waals surface area contributed by atoms with Crippen molar-refractivity contribution in [2.75, 3.05) is 43.2 Å². The molecule has 2 aliphatic rings. The van der Waals surface area contributed by atoms with Gasteiger partial charge < -0.3 is 14.5 Å². The van der Waals surface area contributed by atoms with Crippen LogP contribution in [0.25, 0.3) is 0 Å². The lowest BCUT2D eigenvalue weighted by Gasteiger charge is -2.30. The molecule has 1 fully saturated rings. The van der Waals surface area contributed by atoms with Crippen molar-refractivity contribution < 1.29 is 9.53 Å². The summed E-state index contributed by atoms with van der Waals surface area (Å²) in [6.07, 6.45) is 0. The van der Waals surface area contributed by atoms with Gasteiger partial charge in [0.15, 0.2) is 5.82 Å². The number of carbonyl (C=O) groups excluding carboxylic acids is 1. The maximum Gasteiger partial charge on any atom is 0.235 e. The zero-order valence-corrected chi connectivity index (χ0v) is 11.6. The molecule has 0 aliphatic carbocycles. The SMILES string of the molecule is C[C@H]1C(=O)N(C)c2c1nc(Cl)nc2N1CCOCC1. The van der Waals surface area contributed by atoms with E-state index in [1.807, 2.05) is 6.92 Å². The summed E-state index contributed by atoms with van der Waals surface area (Å²) in [7, 11) is 1.76. The molecule has 2 aliphatic heterocycles. The summed E-state index contributed by atoms with van der Waals surface area (Å²) in [5.41, 5.74) is 1.50. The van der Waals surface area contributed by atoms with Gasteiger partial charge in [-0.25, -0.2) is 4.98 Å². The minimum absolute atomic E-state index is 0.0288. The fourth-order valence-electron chi connectivity index (χ4n) is 2.57. The number of hydrogen-bond acceptors (Lipinski definition) is 5. The van der Waals surface area contributed by atoms with Crippen LogP contribution >= 0.6 is 11.6 Å². The van der Waals surface area contributed by atoms with Crippen LogP contribution in [-0.2, 0) is 9.53 Å². The molecule has 0 N–H and O–H groups in total. The van der Waals surface area contributed by atoms with Gasteiger partial charge in [-0.1, -0.05) is 0 Å². The average Bonchev–Trinajstić information content (AvgIpc) is 2.64. The lowest BCUT2D eigenvalue weighted by Crippen LogP contribution is -2.38. The van der Waals surface area contributed by atoms with Gasteiger partial charge in [-0.3, -0.25) is 4.79 Å². The number of nitrogens with zero attached hydrogens (tertiary/aromatic N) is 4. The van der Waals surface area contributed by atoms with Crippen molar-refractivity contribution in [3.05, 3.63) is 11.0 Å². The number of fused-ring (bicyclic) bond motifs is 1. The number of morpholine rings is 1. The predicted octanol–water partition coefficient (Wildman–Crippen LogP) is 1.05. The molecule has 1 atom stereocenters. The van der Waals surface area contributed by atoms with Gasteiger partial charge in [-0.2, -0.15) is 4.98 Å². The van der Waals surface area contributed by atoms with E-state index in [9.17, 15) is 4.79 Å². The number of halogens is 1. The Balaban J connectivity index is 2.10. The molecule has 102 valence electrons. The van der Waals surface area contributed by atoms with Crippen LogP contribution in [-0.4, -0.2) is 49.2 Å². The van der Waals surface area contributed by atoms with Gasteiger partial charge in [-0.05, 0) is 18.5 Å². The molecule has 0 aromatic carbocycles. The van der Waals surface area contributed by atoms with Crippen LogP contribution in [0, 0.1) is 0 Å². The fourth-order valence-corrected chi connectivity index (χ4v) is 2.74. The highest BCUT2D eigenvalue weighted by atomic mass is 35.5. The Labute approximate surface area is 116 Å². The van der Waals surface area contributed by atoms with Crippen LogP contribution in [0.1, 0.15) is 18.5 Å². The summed E-state index contributed by atoms with van der Waals surface area (Å²) < 4.78 is 5.34. The molecule has 0 spiro atoms. The van der Waals surface area contributed by atoms with Gasteiger partial charge in [0, 0.05) is 20.1 Å². The monoisotopic (exact) mass is 282 g/mol. The maximum atomic E-state index is 12.1. The van der Waals surface area contributed by atoms with Crippen LogP contribution in [0.3, 0.4) is 0 Å². The number of anilines is 2. The Hall–Kier alpha value is -1.40. The summed E-state index contributed by atoms with van der Waals surface area (Å²) in [5, 5.41) is 0.190. The quantitative estimate of drug-likeness (QED) is 0.721. The van der Waals surface area contributed by atoms with Gasteiger partial charge in [0.05, 0.1) is 24.8 Å². The molecule has 7 heteroatoms. The normalized spacial score (nSPS) is 22.9. The zero-order chi connectivity index (χ0) is 13.6. The first kappa shape index (κ1) is 12.6. The highest BCUT2D eigenvalue weighted by Gasteiger charge is 2.38. The Morgan fingerprint density at radius 2 is 2.00 bits per heavy atom. The highest BCUT2D eigenvalue weighted by Crippen LogP contribution is 2.41. The third-order valence-corrected chi connectivity index (χ3v) is 3.79. The van der Waals surface area contributed by atoms with Gasteiger partial charge >= 0.3 is 0 Å². The predicted molar refractivity (Wildman–Crippen MR) is 71.9 cm³/mol. The molecule has 0 saturated carbocycles. The van der Waals surface area contributed by atoms with E-state index in [2.05, 4.69) is 14.9 Å². The molecule has 3 rings (SSSR count). The van der Waals surface area contributed by atoms with E-state index in [4.69, 9.17) is 16.3 Å². The molecule has 6 nitrogen and oxygen atoms in total. The summed E-state index contributed by atoms with van der Waals surface area (Å²) in [6.45, 7) is 4.65. The number of ether oxygens (including phenoxy) is 1. The Bertz CT molecular complexity index is 531. The van der Waals surface area contributed by atoms with Crippen LogP contribution in [0.15, 0.2) is 0 Å². The van der Waals surface area contributed by atoms with Gasteiger partial charge in [0.25, 0.3) is 0 Å². The molecule has 1 aromatic rings. The number of amides is 1. The molecule has 1 amide bonds. The Morgan fingerprint density at radius 3 is 2.68 bits per heavy atom. The second-order valence-electron chi connectivity index (χ2n) is 4.77. The van der Waals surface area contributed by atoms with E-state index in [1.165, 1.54) is 0 Å². The standard InChI is InChI=1S/C12H15ClN4O2/c1-7-8-9(16(2)11(7)18)10(15-12(13)14-8)17-3-5-19-6-4-17/h7H,3-6H2,1-2H3/t7-/m1/s1. The van der Waals surface area contributed by atoms with Crippen LogP contribution in [0.4, 0.5) is 11.5 Å². The van der Waals surface area contributed by atoms with E-state index < -0.39 is 0 Å². The van der Waals surface area contributed by atoms with Crippen LogP contribution < -0.4 is 9.80 Å². The number of likely N-dealkylation sites (N-methyl/N-ethyl adjacent to an activating group) is 1. The van der Waals surface area contributed by atoms with Crippen LogP contribution in [0.2, 0.25) is 5.28 Å². The first-order valence-electron chi connectivity index (χ1n) is 6.27. The second-order valence-corrected chi connectivity index (χ2v) is 5.11. The molecule has 0 radical (unpaired) electrons. The first-order chi connectivity index (χ1) is 9.09. The zero-order valence-electron chi connectivity index (χ0n) is 10.9. The first-order valence-corrected chi connectivity index (χ1v) is 6.65. The molecule has 19 heavy (non-hydrogen) atoms. The molecule has 3 heterocycles. The molecule has 0 bridgehead atoms. The number of hydrogen-bond donors (Lipinski definition) is 0. The van der Waals surface area contributed by atoms with E-state index in [-0.39, 0.29) is 17.1 Å². The van der Waals surface area contributed by atoms with E-state index in [0.29, 0.717) is 18.9 Å². The van der Waals surface area contributed by atoms with Gasteiger partial charge in [-0.15, -0.1) is 0 Å². The van der Waals surface area contributed by atoms with Crippen LogP contribution in [0.5, 0.6) is 0 Å². The molecular formula is C12H15ClN4O2. The van der Waals surface area contributed by atoms with Crippen molar-refractivity contribution in [1.29, 1.82) is 0 Å². The smallest absolute Gasteiger partial charge is 0.235 e. The van der Waals surface area contributed by atoms with Crippen molar-refractivity contribution in [2.45, 2.75) is 12.8 Å². The third-order valence-electron chi connectivity index (χ3n) is 3.62. The minimum Gasteiger partial charge on any atom is -0.378 e. The van der Waals surface area contributed by atoms with Crippen molar-refractivity contribution in [2.24, 2.45) is 0 Å². The lowest BCUT2D eigenvalue weighted by molar-refractivity contribution is -0.118. The summed E-state index contributed by atoms with van der Waals surface area (Å²) in [4.78, 5) is 24.3. The lowest BCUT2D eigenvalue weighted by atomic mass is 10.1. The van der Waals surface area contributed by atoms with Gasteiger partial charge in [0.1, 0.15) is 5.69 Å². The summed E-state index contributed by atoms with van der Waals surface area (Å²) in [6, 6.07) is 0. The molecular weight excluding hydrogens is 268 g/mol. The van der Waals surface area contributed by atoms with E-state index >= 15 is 0 Å². The summed E-state index contributed by atoms with van der Waals surface area (Å²) in [5.74, 6) is 0.500. The van der Waals surface area contributed by atoms with Crippen molar-refractivity contribution in [3.63, 3.8) is 0 Å². The Morgan fingerprint density at radius 1 is 1.32 bits per heavy atom. The van der Waals surface area contributed by atoms with Gasteiger partial charge in [0.2, 0.25) is 11.2 Å². The fraction of sp³-hybridized carbons (Fsp3) is 0.583. The van der Waals surface area contributed by atoms with E-state index in [0.717, 1.165) is 24.6 Å². The minimum atomic E-state index is -0.264. The highest BCUT2D eigenvalue weighted by molar-refractivity contribution is 6.28. The summed E-state index contributed by atoms with van der Waals surface area (Å²) >= 11 is 6.00. The van der Waals surface area contributed by atoms with E-state index in [1.54, 1.807) is 11.9 Å². The average molecular weight is 283 g/mol. The van der Waals surface area contributed by atoms with Crippen molar-refractivity contribution in [1.82, 2.24) is 9.97 Å². The molecule has 1 aromatic heterocycles. The number of rotatable bonds is 1. The molecule has 1 saturated heterocycles. The largest absolute Gasteiger partial charge is 0.378 e. The topological polar surface area (TPSA) is 58.6 Å². The Kier molecular flexibility index (Phi) is 3.06. The van der Waals surface area contributed by atoms with Crippen molar-refractivity contribution >= 4 is 29.0 Å². The molecule has 0 unspecified atom stereocenters. The maximum absolute atomic E-state index is 12.1. The second kappa shape index (κ2) is 4.61. The van der Waals surface area contributed by atoms with Crippen molar-refractivity contribution in [3.8, 4) is 0 Å². The number of carbonyl (C=O) groups is 1.